The maximum atomic E-state index is 12.3. The highest BCUT2D eigenvalue weighted by Gasteiger charge is 2.23. The van der Waals surface area contributed by atoms with Gasteiger partial charge in [0.1, 0.15) is 0 Å². The van der Waals surface area contributed by atoms with Gasteiger partial charge in [-0.3, -0.25) is 4.79 Å². The summed E-state index contributed by atoms with van der Waals surface area (Å²) in [4.78, 5) is 14.2. The van der Waals surface area contributed by atoms with Gasteiger partial charge in [-0.2, -0.15) is 0 Å². The minimum absolute atomic E-state index is 0.0101. The Kier molecular flexibility index (Phi) is 3.95. The van der Waals surface area contributed by atoms with Gasteiger partial charge < -0.3 is 4.90 Å². The highest BCUT2D eigenvalue weighted by atomic mass is 35.5. The van der Waals surface area contributed by atoms with E-state index >= 15 is 0 Å². The fourth-order valence-corrected chi connectivity index (χ4v) is 2.58. The molecule has 0 aromatic heterocycles. The molecule has 17 heavy (non-hydrogen) atoms. The van der Waals surface area contributed by atoms with E-state index in [-0.39, 0.29) is 5.91 Å². The van der Waals surface area contributed by atoms with Crippen LogP contribution < -0.4 is 0 Å². The van der Waals surface area contributed by atoms with Gasteiger partial charge in [-0.05, 0) is 37.0 Å². The fraction of sp³-hybridized carbons (Fsp3) is 0.462. The van der Waals surface area contributed by atoms with Gasteiger partial charge in [-0.15, -0.1) is 0 Å². The summed E-state index contributed by atoms with van der Waals surface area (Å²) in [5.74, 6) is 0.551. The molecule has 1 atom stereocenters. The largest absolute Gasteiger partial charge is 0.338 e. The Balaban J connectivity index is 2.21. The van der Waals surface area contributed by atoms with Crippen molar-refractivity contribution in [3.8, 4) is 0 Å². The first-order valence-corrected chi connectivity index (χ1v) is 6.58. The Morgan fingerprint density at radius 2 is 2.18 bits per heavy atom. The van der Waals surface area contributed by atoms with E-state index in [1.165, 1.54) is 6.42 Å². The highest BCUT2D eigenvalue weighted by molar-refractivity contribution is 6.35. The molecule has 4 heteroatoms. The quantitative estimate of drug-likeness (QED) is 0.760. The number of carbonyl (C=O) groups is 1. The van der Waals surface area contributed by atoms with Crippen molar-refractivity contribution in [2.75, 3.05) is 13.1 Å². The number of nitrogens with zero attached hydrogens (tertiary/aromatic N) is 1. The number of halogens is 2. The van der Waals surface area contributed by atoms with Gasteiger partial charge in [0.25, 0.3) is 5.91 Å². The topological polar surface area (TPSA) is 20.3 Å². The van der Waals surface area contributed by atoms with Gasteiger partial charge in [0.2, 0.25) is 0 Å². The molecule has 1 aliphatic rings. The number of benzene rings is 1. The van der Waals surface area contributed by atoms with Crippen LogP contribution in [0.5, 0.6) is 0 Å². The van der Waals surface area contributed by atoms with E-state index in [4.69, 9.17) is 23.2 Å². The van der Waals surface area contributed by atoms with Crippen molar-refractivity contribution in [1.82, 2.24) is 4.90 Å². The third-order valence-electron chi connectivity index (χ3n) is 3.10. The van der Waals surface area contributed by atoms with E-state index < -0.39 is 0 Å². The molecule has 0 aliphatic carbocycles. The lowest BCUT2D eigenvalue weighted by Crippen LogP contribution is -2.39. The number of hydrogen-bond acceptors (Lipinski definition) is 1. The van der Waals surface area contributed by atoms with Crippen LogP contribution in [-0.2, 0) is 0 Å². The predicted molar refractivity (Wildman–Crippen MR) is 70.8 cm³/mol. The lowest BCUT2D eigenvalue weighted by Gasteiger charge is -2.31. The lowest BCUT2D eigenvalue weighted by molar-refractivity contribution is 0.0683. The molecule has 0 spiro atoms. The van der Waals surface area contributed by atoms with E-state index in [2.05, 4.69) is 6.92 Å². The second kappa shape index (κ2) is 5.28. The second-order valence-corrected chi connectivity index (χ2v) is 5.47. The first-order chi connectivity index (χ1) is 8.08. The number of rotatable bonds is 1. The zero-order valence-electron chi connectivity index (χ0n) is 9.75. The van der Waals surface area contributed by atoms with Gasteiger partial charge in [-0.1, -0.05) is 30.1 Å². The van der Waals surface area contributed by atoms with Crippen LogP contribution in [0.3, 0.4) is 0 Å². The summed E-state index contributed by atoms with van der Waals surface area (Å²) in [5.41, 5.74) is 0.508. The van der Waals surface area contributed by atoms with Crippen LogP contribution in [0.2, 0.25) is 10.0 Å². The van der Waals surface area contributed by atoms with Crippen molar-refractivity contribution in [3.05, 3.63) is 33.8 Å². The molecule has 92 valence electrons. The Labute approximate surface area is 112 Å². The predicted octanol–water partition coefficient (Wildman–Crippen LogP) is 3.87. The van der Waals surface area contributed by atoms with Gasteiger partial charge in [0, 0.05) is 18.1 Å². The summed E-state index contributed by atoms with van der Waals surface area (Å²) >= 11 is 11.9. The second-order valence-electron chi connectivity index (χ2n) is 4.62. The Morgan fingerprint density at radius 1 is 1.41 bits per heavy atom. The van der Waals surface area contributed by atoms with Crippen LogP contribution >= 0.6 is 23.2 Å². The SMILES string of the molecule is C[C@@H]1CCCN(C(=O)c2cc(Cl)ccc2Cl)C1. The summed E-state index contributed by atoms with van der Waals surface area (Å²) < 4.78 is 0. The molecule has 2 rings (SSSR count). The maximum absolute atomic E-state index is 12.3. The molecule has 1 heterocycles. The van der Waals surface area contributed by atoms with Gasteiger partial charge >= 0.3 is 0 Å². The summed E-state index contributed by atoms with van der Waals surface area (Å²) in [6, 6.07) is 5.01. The van der Waals surface area contributed by atoms with E-state index in [0.717, 1.165) is 19.5 Å². The number of hydrogen-bond donors (Lipinski definition) is 0. The zero-order valence-corrected chi connectivity index (χ0v) is 11.3. The highest BCUT2D eigenvalue weighted by Crippen LogP contribution is 2.24. The summed E-state index contributed by atoms with van der Waals surface area (Å²) in [7, 11) is 0. The van der Waals surface area contributed by atoms with Crippen LogP contribution in [-0.4, -0.2) is 23.9 Å². The van der Waals surface area contributed by atoms with Crippen molar-refractivity contribution >= 4 is 29.1 Å². The molecular formula is C13H15Cl2NO. The van der Waals surface area contributed by atoms with Crippen molar-refractivity contribution < 1.29 is 4.79 Å². The van der Waals surface area contributed by atoms with Crippen LogP contribution in [0, 0.1) is 5.92 Å². The van der Waals surface area contributed by atoms with Crippen molar-refractivity contribution in [2.45, 2.75) is 19.8 Å². The van der Waals surface area contributed by atoms with Crippen molar-refractivity contribution in [1.29, 1.82) is 0 Å². The van der Waals surface area contributed by atoms with E-state index in [0.29, 0.717) is 21.5 Å². The minimum atomic E-state index is -0.0101. The van der Waals surface area contributed by atoms with Crippen LogP contribution in [0.4, 0.5) is 0 Å². The first-order valence-electron chi connectivity index (χ1n) is 5.82. The molecule has 0 unspecified atom stereocenters. The lowest BCUT2D eigenvalue weighted by atomic mass is 9.99. The molecule has 1 fully saturated rings. The molecule has 0 radical (unpaired) electrons. The third-order valence-corrected chi connectivity index (χ3v) is 3.67. The average Bonchev–Trinajstić information content (AvgIpc) is 2.31. The number of carbonyl (C=O) groups excluding carboxylic acids is 1. The average molecular weight is 272 g/mol. The van der Waals surface area contributed by atoms with Gasteiger partial charge in [-0.25, -0.2) is 0 Å². The summed E-state index contributed by atoms with van der Waals surface area (Å²) in [5, 5.41) is 1.01. The summed E-state index contributed by atoms with van der Waals surface area (Å²) in [6.45, 7) is 3.78. The maximum Gasteiger partial charge on any atom is 0.255 e. The van der Waals surface area contributed by atoms with Crippen LogP contribution in [0.15, 0.2) is 18.2 Å². The standard InChI is InChI=1S/C13H15Cl2NO/c1-9-3-2-6-16(8-9)13(17)11-7-10(14)4-5-12(11)15/h4-5,7,9H,2-3,6,8H2,1H3/t9-/m1/s1. The minimum Gasteiger partial charge on any atom is -0.338 e. The van der Waals surface area contributed by atoms with Gasteiger partial charge in [0.15, 0.2) is 0 Å². The first kappa shape index (κ1) is 12.7. The molecular weight excluding hydrogens is 257 g/mol. The molecule has 1 aliphatic heterocycles. The fourth-order valence-electron chi connectivity index (χ4n) is 2.21. The number of amides is 1. The molecule has 1 amide bonds. The molecule has 0 N–H and O–H groups in total. The Hall–Kier alpha value is -0.730. The summed E-state index contributed by atoms with van der Waals surface area (Å²) in [6.07, 6.45) is 2.25. The zero-order chi connectivity index (χ0) is 12.4. The Morgan fingerprint density at radius 3 is 2.88 bits per heavy atom. The van der Waals surface area contributed by atoms with E-state index in [9.17, 15) is 4.79 Å². The number of likely N-dealkylation sites (tertiary alicyclic amines) is 1. The monoisotopic (exact) mass is 271 g/mol. The molecule has 2 nitrogen and oxygen atoms in total. The van der Waals surface area contributed by atoms with E-state index in [1.54, 1.807) is 18.2 Å². The molecule has 1 saturated heterocycles. The Bertz CT molecular complexity index is 433. The van der Waals surface area contributed by atoms with Gasteiger partial charge in [0.05, 0.1) is 10.6 Å². The van der Waals surface area contributed by atoms with Crippen molar-refractivity contribution in [3.63, 3.8) is 0 Å². The normalized spacial score (nSPS) is 20.4. The molecule has 1 aromatic rings. The molecule has 1 aromatic carbocycles. The molecule has 0 bridgehead atoms. The van der Waals surface area contributed by atoms with Crippen LogP contribution in [0.25, 0.3) is 0 Å². The molecule has 0 saturated carbocycles. The van der Waals surface area contributed by atoms with E-state index in [1.807, 2.05) is 4.90 Å². The number of piperidine rings is 1. The smallest absolute Gasteiger partial charge is 0.255 e. The van der Waals surface area contributed by atoms with Crippen molar-refractivity contribution in [2.24, 2.45) is 5.92 Å². The van der Waals surface area contributed by atoms with Crippen LogP contribution in [0.1, 0.15) is 30.1 Å². The third kappa shape index (κ3) is 2.93.